The number of likely N-dealkylation sites (tertiary alicyclic amines) is 1. The fourth-order valence-corrected chi connectivity index (χ4v) is 3.01. The molecule has 8 heteroatoms. The van der Waals surface area contributed by atoms with Crippen LogP contribution < -0.4 is 5.73 Å². The van der Waals surface area contributed by atoms with E-state index in [1.54, 1.807) is 18.3 Å². The van der Waals surface area contributed by atoms with E-state index in [0.29, 0.717) is 19.7 Å². The number of primary amides is 1. The Morgan fingerprint density at radius 1 is 1.20 bits per heavy atom. The van der Waals surface area contributed by atoms with Gasteiger partial charge in [0.1, 0.15) is 5.69 Å². The first-order valence-electron chi connectivity index (χ1n) is 8.61. The highest BCUT2D eigenvalue weighted by Crippen LogP contribution is 2.17. The molecule has 8 nitrogen and oxygen atoms in total. The lowest BCUT2D eigenvalue weighted by Gasteiger charge is -2.41. The van der Waals surface area contributed by atoms with Gasteiger partial charge in [0, 0.05) is 25.8 Å². The zero-order chi connectivity index (χ0) is 17.8. The number of carbonyl (C=O) groups excluding carboxylic acids is 2. The van der Waals surface area contributed by atoms with E-state index in [4.69, 9.17) is 10.5 Å². The monoisotopic (exact) mass is 347 g/mol. The molecular formula is C17H25N5O3. The van der Waals surface area contributed by atoms with Gasteiger partial charge in [-0.1, -0.05) is 6.07 Å². The van der Waals surface area contributed by atoms with Crippen molar-refractivity contribution in [1.29, 1.82) is 0 Å². The minimum Gasteiger partial charge on any atom is -0.370 e. The Balaban J connectivity index is 1.40. The summed E-state index contributed by atoms with van der Waals surface area (Å²) in [5.41, 5.74) is 6.29. The van der Waals surface area contributed by atoms with Gasteiger partial charge >= 0.3 is 6.03 Å². The number of amides is 3. The summed E-state index contributed by atoms with van der Waals surface area (Å²) in [4.78, 5) is 33.5. The molecule has 0 spiro atoms. The molecule has 0 radical (unpaired) electrons. The van der Waals surface area contributed by atoms with Crippen LogP contribution in [0.15, 0.2) is 18.3 Å². The number of hydrogen-bond acceptors (Lipinski definition) is 5. The number of carbonyl (C=O) groups is 2. The minimum absolute atomic E-state index is 0.0504. The minimum atomic E-state index is -0.541. The molecule has 0 aliphatic carbocycles. The van der Waals surface area contributed by atoms with Crippen molar-refractivity contribution in [3.63, 3.8) is 0 Å². The van der Waals surface area contributed by atoms with Crippen LogP contribution in [0.3, 0.4) is 0 Å². The van der Waals surface area contributed by atoms with E-state index in [1.807, 2.05) is 9.80 Å². The average molecular weight is 347 g/mol. The van der Waals surface area contributed by atoms with Crippen molar-refractivity contribution >= 4 is 11.9 Å². The molecule has 0 saturated carbocycles. The van der Waals surface area contributed by atoms with Crippen LogP contribution in [0.5, 0.6) is 0 Å². The van der Waals surface area contributed by atoms with E-state index in [9.17, 15) is 9.59 Å². The van der Waals surface area contributed by atoms with Crippen molar-refractivity contribution in [3.8, 4) is 0 Å². The molecule has 2 aliphatic heterocycles. The van der Waals surface area contributed by atoms with E-state index >= 15 is 0 Å². The van der Waals surface area contributed by atoms with Crippen molar-refractivity contribution in [2.24, 2.45) is 5.73 Å². The predicted molar refractivity (Wildman–Crippen MR) is 92.0 cm³/mol. The molecule has 1 aromatic rings. The van der Waals surface area contributed by atoms with E-state index in [2.05, 4.69) is 16.9 Å². The van der Waals surface area contributed by atoms with Crippen LogP contribution in [0.25, 0.3) is 0 Å². The first kappa shape index (κ1) is 17.6. The second-order valence-corrected chi connectivity index (χ2v) is 6.68. The normalized spacial score (nSPS) is 19.4. The van der Waals surface area contributed by atoms with Crippen molar-refractivity contribution < 1.29 is 14.3 Å². The standard InChI is InChI=1S/C17H25N5O3/c1-20-5-2-6-21(8-7-20)17(24)22-10-14(11-22)25-12-13-3-4-15(16(18)23)19-9-13/h3-4,9,14H,2,5-8,10-12H2,1H3,(H2,18,23). The predicted octanol–water partition coefficient (Wildman–Crippen LogP) is 0.139. The van der Waals surface area contributed by atoms with Crippen molar-refractivity contribution in [3.05, 3.63) is 29.6 Å². The molecule has 2 saturated heterocycles. The van der Waals surface area contributed by atoms with Crippen molar-refractivity contribution in [2.75, 3.05) is 46.3 Å². The Bertz CT molecular complexity index is 615. The Morgan fingerprint density at radius 3 is 2.68 bits per heavy atom. The third-order valence-electron chi connectivity index (χ3n) is 4.67. The lowest BCUT2D eigenvalue weighted by molar-refractivity contribution is -0.0493. The first-order valence-corrected chi connectivity index (χ1v) is 8.61. The van der Waals surface area contributed by atoms with Gasteiger partial charge in [-0.15, -0.1) is 0 Å². The summed E-state index contributed by atoms with van der Waals surface area (Å²) in [6.07, 6.45) is 2.66. The van der Waals surface area contributed by atoms with E-state index in [-0.39, 0.29) is 17.8 Å². The van der Waals surface area contributed by atoms with Crippen molar-refractivity contribution in [1.82, 2.24) is 19.7 Å². The number of urea groups is 1. The zero-order valence-electron chi connectivity index (χ0n) is 14.6. The SMILES string of the molecule is CN1CCCN(C(=O)N2CC(OCc3ccc(C(N)=O)nc3)C2)CC1. The lowest BCUT2D eigenvalue weighted by Crippen LogP contribution is -2.58. The zero-order valence-corrected chi connectivity index (χ0v) is 14.6. The molecule has 25 heavy (non-hydrogen) atoms. The largest absolute Gasteiger partial charge is 0.370 e. The summed E-state index contributed by atoms with van der Waals surface area (Å²) in [5, 5.41) is 0. The van der Waals surface area contributed by atoms with E-state index in [1.165, 1.54) is 0 Å². The maximum atomic E-state index is 12.5. The molecule has 2 aliphatic rings. The molecule has 3 heterocycles. The quantitative estimate of drug-likeness (QED) is 0.836. The summed E-state index contributed by atoms with van der Waals surface area (Å²) in [5.74, 6) is -0.541. The average Bonchev–Trinajstić information content (AvgIpc) is 2.78. The maximum Gasteiger partial charge on any atom is 0.320 e. The molecule has 3 rings (SSSR count). The van der Waals surface area contributed by atoms with E-state index in [0.717, 1.165) is 38.2 Å². The molecule has 136 valence electrons. The Labute approximate surface area is 147 Å². The van der Waals surface area contributed by atoms with Crippen LogP contribution in [0, 0.1) is 0 Å². The number of nitrogens with zero attached hydrogens (tertiary/aromatic N) is 4. The highest BCUT2D eigenvalue weighted by Gasteiger charge is 2.34. The second kappa shape index (κ2) is 7.79. The third-order valence-corrected chi connectivity index (χ3v) is 4.67. The van der Waals surface area contributed by atoms with Crippen LogP contribution in [-0.4, -0.2) is 84.0 Å². The van der Waals surface area contributed by atoms with Crippen LogP contribution in [0.4, 0.5) is 4.79 Å². The number of nitrogens with two attached hydrogens (primary N) is 1. The topological polar surface area (TPSA) is 92.0 Å². The van der Waals surface area contributed by atoms with Gasteiger partial charge in [-0.05, 0) is 31.6 Å². The van der Waals surface area contributed by atoms with Gasteiger partial charge in [0.05, 0.1) is 25.8 Å². The number of rotatable bonds is 4. The Kier molecular flexibility index (Phi) is 5.50. The van der Waals surface area contributed by atoms with Gasteiger partial charge in [-0.3, -0.25) is 9.78 Å². The molecule has 3 amide bonds. The van der Waals surface area contributed by atoms with Crippen LogP contribution in [-0.2, 0) is 11.3 Å². The smallest absolute Gasteiger partial charge is 0.320 e. The van der Waals surface area contributed by atoms with Gasteiger partial charge in [0.2, 0.25) is 0 Å². The molecule has 2 N–H and O–H groups in total. The summed E-state index contributed by atoms with van der Waals surface area (Å²) in [6.45, 7) is 5.23. The second-order valence-electron chi connectivity index (χ2n) is 6.68. The fraction of sp³-hybridized carbons (Fsp3) is 0.588. The number of aromatic nitrogens is 1. The third kappa shape index (κ3) is 4.46. The molecule has 2 fully saturated rings. The summed E-state index contributed by atoms with van der Waals surface area (Å²) >= 11 is 0. The molecular weight excluding hydrogens is 322 g/mol. The van der Waals surface area contributed by atoms with Crippen LogP contribution in [0.2, 0.25) is 0 Å². The number of likely N-dealkylation sites (N-methyl/N-ethyl adjacent to an activating group) is 1. The Hall–Kier alpha value is -2.19. The summed E-state index contributed by atoms with van der Waals surface area (Å²) in [6, 6.07) is 3.48. The van der Waals surface area contributed by atoms with Gasteiger partial charge in [-0.25, -0.2) is 4.79 Å². The molecule has 0 aromatic carbocycles. The molecule has 0 bridgehead atoms. The summed E-state index contributed by atoms with van der Waals surface area (Å²) < 4.78 is 5.80. The highest BCUT2D eigenvalue weighted by molar-refractivity contribution is 5.90. The van der Waals surface area contributed by atoms with Crippen LogP contribution >= 0.6 is 0 Å². The highest BCUT2D eigenvalue weighted by atomic mass is 16.5. The van der Waals surface area contributed by atoms with Crippen molar-refractivity contribution in [2.45, 2.75) is 19.1 Å². The lowest BCUT2D eigenvalue weighted by atomic mass is 10.1. The number of ether oxygens (including phenoxy) is 1. The van der Waals surface area contributed by atoms with Gasteiger partial charge in [0.25, 0.3) is 5.91 Å². The number of hydrogen-bond donors (Lipinski definition) is 1. The molecule has 1 aromatic heterocycles. The van der Waals surface area contributed by atoms with Gasteiger partial charge in [0.15, 0.2) is 0 Å². The molecule has 0 unspecified atom stereocenters. The maximum absolute atomic E-state index is 12.5. The summed E-state index contributed by atoms with van der Waals surface area (Å²) in [7, 11) is 2.09. The van der Waals surface area contributed by atoms with Gasteiger partial charge < -0.3 is 25.2 Å². The van der Waals surface area contributed by atoms with Crippen LogP contribution in [0.1, 0.15) is 22.5 Å². The number of pyridine rings is 1. The Morgan fingerprint density at radius 2 is 2.00 bits per heavy atom. The first-order chi connectivity index (χ1) is 12.0. The molecule has 0 atom stereocenters. The van der Waals surface area contributed by atoms with E-state index < -0.39 is 5.91 Å². The fourth-order valence-electron chi connectivity index (χ4n) is 3.01. The van der Waals surface area contributed by atoms with Gasteiger partial charge in [-0.2, -0.15) is 0 Å².